The lowest BCUT2D eigenvalue weighted by atomic mass is 9.43. The number of rotatable bonds is 4. The summed E-state index contributed by atoms with van der Waals surface area (Å²) in [5.74, 6) is 0.997. The molecule has 5 heteroatoms. The Labute approximate surface area is 174 Å². The molecule has 4 N–H and O–H groups in total. The van der Waals surface area contributed by atoms with Crippen molar-refractivity contribution in [2.75, 3.05) is 0 Å². The van der Waals surface area contributed by atoms with Crippen molar-refractivity contribution in [1.82, 2.24) is 0 Å². The average molecular weight is 409 g/mol. The van der Waals surface area contributed by atoms with Crippen molar-refractivity contribution in [3.63, 3.8) is 0 Å². The molecule has 0 spiro atoms. The monoisotopic (exact) mass is 408 g/mol. The minimum Gasteiger partial charge on any atom is -0.481 e. The molecule has 0 heterocycles. The number of aliphatic carboxylic acids is 1. The minimum absolute atomic E-state index is 0.0957. The summed E-state index contributed by atoms with van der Waals surface area (Å²) in [7, 11) is 0. The number of fused-ring (bicyclic) bond motifs is 5. The van der Waals surface area contributed by atoms with Crippen LogP contribution in [0.5, 0.6) is 0 Å². The van der Waals surface area contributed by atoms with Crippen molar-refractivity contribution in [3.05, 3.63) is 0 Å². The van der Waals surface area contributed by atoms with Gasteiger partial charge in [0.25, 0.3) is 0 Å². The Bertz CT molecular complexity index is 637. The Morgan fingerprint density at radius 2 is 1.76 bits per heavy atom. The third kappa shape index (κ3) is 3.27. The Hall–Kier alpha value is -0.650. The van der Waals surface area contributed by atoms with Crippen LogP contribution in [0.25, 0.3) is 0 Å². The van der Waals surface area contributed by atoms with Crippen LogP contribution in [0.15, 0.2) is 0 Å². The fourth-order valence-electron chi connectivity index (χ4n) is 8.68. The second-order valence-electron chi connectivity index (χ2n) is 11.4. The van der Waals surface area contributed by atoms with E-state index in [1.54, 1.807) is 0 Å². The molecule has 29 heavy (non-hydrogen) atoms. The van der Waals surface area contributed by atoms with Gasteiger partial charge in [0.05, 0.1) is 18.3 Å². The molecule has 5 nitrogen and oxygen atoms in total. The predicted molar refractivity (Wildman–Crippen MR) is 110 cm³/mol. The van der Waals surface area contributed by atoms with Crippen molar-refractivity contribution >= 4 is 5.97 Å². The van der Waals surface area contributed by atoms with Crippen LogP contribution < -0.4 is 0 Å². The molecule has 11 atom stereocenters. The van der Waals surface area contributed by atoms with E-state index in [1.165, 1.54) is 0 Å². The second kappa shape index (κ2) is 7.49. The van der Waals surface area contributed by atoms with Gasteiger partial charge in [-0.3, -0.25) is 4.79 Å². The van der Waals surface area contributed by atoms with Crippen LogP contribution in [0.2, 0.25) is 0 Å². The molecule has 0 aromatic carbocycles. The van der Waals surface area contributed by atoms with E-state index in [0.717, 1.165) is 44.9 Å². The van der Waals surface area contributed by atoms with Gasteiger partial charge in [0.2, 0.25) is 0 Å². The molecule has 166 valence electrons. The van der Waals surface area contributed by atoms with E-state index in [4.69, 9.17) is 5.11 Å². The molecule has 4 unspecified atom stereocenters. The van der Waals surface area contributed by atoms with E-state index in [-0.39, 0.29) is 41.3 Å². The van der Waals surface area contributed by atoms with Crippen LogP contribution in [-0.2, 0) is 4.79 Å². The van der Waals surface area contributed by atoms with E-state index in [1.807, 2.05) is 0 Å². The van der Waals surface area contributed by atoms with Crippen molar-refractivity contribution < 1.29 is 25.2 Å². The van der Waals surface area contributed by atoms with E-state index in [0.29, 0.717) is 30.1 Å². The van der Waals surface area contributed by atoms with E-state index in [9.17, 15) is 20.1 Å². The molecule has 4 rings (SSSR count). The highest BCUT2D eigenvalue weighted by Gasteiger charge is 2.65. The van der Waals surface area contributed by atoms with Gasteiger partial charge in [-0.15, -0.1) is 0 Å². The van der Waals surface area contributed by atoms with Crippen LogP contribution in [0.4, 0.5) is 0 Å². The lowest BCUT2D eigenvalue weighted by Crippen LogP contribution is -2.62. The third-order valence-electron chi connectivity index (χ3n) is 10.3. The van der Waals surface area contributed by atoms with E-state index >= 15 is 0 Å². The zero-order valence-electron chi connectivity index (χ0n) is 18.3. The number of aliphatic hydroxyl groups is 3. The summed E-state index contributed by atoms with van der Waals surface area (Å²) in [5.41, 5.74) is -0.143. The van der Waals surface area contributed by atoms with Gasteiger partial charge in [0.15, 0.2) is 0 Å². The number of carboxylic acids is 1. The van der Waals surface area contributed by atoms with Crippen LogP contribution in [0, 0.1) is 46.3 Å². The molecule has 0 aromatic heterocycles. The summed E-state index contributed by atoms with van der Waals surface area (Å²) < 4.78 is 0. The fourth-order valence-corrected chi connectivity index (χ4v) is 8.68. The van der Waals surface area contributed by atoms with Gasteiger partial charge in [0, 0.05) is 6.42 Å². The topological polar surface area (TPSA) is 98.0 Å². The lowest BCUT2D eigenvalue weighted by molar-refractivity contribution is -0.207. The number of carboxylic acid groups (broad SMARTS) is 1. The maximum absolute atomic E-state index is 11.5. The number of aliphatic hydroxyl groups excluding tert-OH is 3. The van der Waals surface area contributed by atoms with Crippen LogP contribution in [0.3, 0.4) is 0 Å². The third-order valence-corrected chi connectivity index (χ3v) is 10.3. The highest BCUT2D eigenvalue weighted by atomic mass is 16.4. The molecule has 0 bridgehead atoms. The summed E-state index contributed by atoms with van der Waals surface area (Å²) in [6.45, 7) is 6.72. The summed E-state index contributed by atoms with van der Waals surface area (Å²) in [6.07, 6.45) is 6.00. The zero-order valence-corrected chi connectivity index (χ0v) is 18.3. The van der Waals surface area contributed by atoms with Crippen molar-refractivity contribution in [1.29, 1.82) is 0 Å². The first-order valence-corrected chi connectivity index (χ1v) is 11.8. The SMILES string of the molecule is C[C@H](CCC(=O)O)C1CC[C@H]2[C@@H]3C(C[C@@H](O)C12C)C1(C)CC[C@@H](O)C[C@H]1C[C@@H]3O. The van der Waals surface area contributed by atoms with Gasteiger partial charge in [-0.1, -0.05) is 20.8 Å². The van der Waals surface area contributed by atoms with Crippen LogP contribution in [0.1, 0.15) is 78.6 Å². The quantitative estimate of drug-likeness (QED) is 0.571. The van der Waals surface area contributed by atoms with Crippen LogP contribution >= 0.6 is 0 Å². The zero-order chi connectivity index (χ0) is 21.1. The summed E-state index contributed by atoms with van der Waals surface area (Å²) in [5, 5.41) is 42.0. The van der Waals surface area contributed by atoms with Gasteiger partial charge in [-0.2, -0.15) is 0 Å². The van der Waals surface area contributed by atoms with Gasteiger partial charge in [-0.05, 0) is 97.7 Å². The standard InChI is InChI=1S/C24H40O5/c1-13(4-7-21(28)29)16-5-6-17-22-18(12-20(27)24(16,17)3)23(2)9-8-15(25)10-14(23)11-19(22)26/h13-20,22,25-27H,4-12H2,1-3H3,(H,28,29)/t13-,14+,15-,16?,17+,18?,19+,20-,22-,23?,24?/m1/s1. The molecule has 4 fully saturated rings. The van der Waals surface area contributed by atoms with Gasteiger partial charge >= 0.3 is 5.97 Å². The van der Waals surface area contributed by atoms with Crippen LogP contribution in [-0.4, -0.2) is 44.7 Å². The largest absolute Gasteiger partial charge is 0.481 e. The highest BCUT2D eigenvalue weighted by Crippen LogP contribution is 2.68. The predicted octanol–water partition coefficient (Wildman–Crippen LogP) is 3.45. The lowest BCUT2D eigenvalue weighted by Gasteiger charge is -2.63. The Kier molecular flexibility index (Phi) is 5.57. The molecule has 0 saturated heterocycles. The molecule has 4 aliphatic carbocycles. The van der Waals surface area contributed by atoms with Crippen molar-refractivity contribution in [2.24, 2.45) is 46.3 Å². The molecular weight excluding hydrogens is 368 g/mol. The maximum atomic E-state index is 11.5. The maximum Gasteiger partial charge on any atom is 0.303 e. The Morgan fingerprint density at radius 3 is 2.45 bits per heavy atom. The Balaban J connectivity index is 1.61. The fraction of sp³-hybridized carbons (Fsp3) is 0.958. The van der Waals surface area contributed by atoms with Crippen molar-refractivity contribution in [2.45, 2.75) is 96.9 Å². The number of carbonyl (C=O) groups is 1. The second-order valence-corrected chi connectivity index (χ2v) is 11.4. The number of hydrogen-bond acceptors (Lipinski definition) is 4. The molecule has 4 aliphatic rings. The first-order valence-electron chi connectivity index (χ1n) is 11.8. The smallest absolute Gasteiger partial charge is 0.303 e. The summed E-state index contributed by atoms with van der Waals surface area (Å²) in [6, 6.07) is 0. The first kappa shape index (κ1) is 21.6. The molecular formula is C24H40O5. The minimum atomic E-state index is -0.748. The van der Waals surface area contributed by atoms with E-state index < -0.39 is 12.1 Å². The Morgan fingerprint density at radius 1 is 1.03 bits per heavy atom. The molecule has 0 radical (unpaired) electrons. The van der Waals surface area contributed by atoms with Gasteiger partial charge in [0.1, 0.15) is 0 Å². The van der Waals surface area contributed by atoms with Gasteiger partial charge in [-0.25, -0.2) is 0 Å². The molecule has 0 amide bonds. The molecule has 4 saturated carbocycles. The first-order chi connectivity index (χ1) is 13.6. The summed E-state index contributed by atoms with van der Waals surface area (Å²) in [4.78, 5) is 11.1. The average Bonchev–Trinajstić information content (AvgIpc) is 3.01. The normalized spacial score (nSPS) is 52.9. The molecule has 0 aliphatic heterocycles. The van der Waals surface area contributed by atoms with E-state index in [2.05, 4.69) is 20.8 Å². The number of hydrogen-bond donors (Lipinski definition) is 4. The highest BCUT2D eigenvalue weighted by molar-refractivity contribution is 5.66. The molecule has 0 aromatic rings. The summed E-state index contributed by atoms with van der Waals surface area (Å²) >= 11 is 0. The van der Waals surface area contributed by atoms with Crippen molar-refractivity contribution in [3.8, 4) is 0 Å². The van der Waals surface area contributed by atoms with Gasteiger partial charge < -0.3 is 20.4 Å².